The van der Waals surface area contributed by atoms with Gasteiger partial charge in [0.05, 0.1) is 17.8 Å². The van der Waals surface area contributed by atoms with Gasteiger partial charge >= 0.3 is 5.97 Å². The third kappa shape index (κ3) is 4.85. The summed E-state index contributed by atoms with van der Waals surface area (Å²) in [5.74, 6) is -1.65. The number of esters is 1. The van der Waals surface area contributed by atoms with E-state index in [0.29, 0.717) is 15.7 Å². The van der Waals surface area contributed by atoms with Gasteiger partial charge in [0.1, 0.15) is 5.92 Å². The highest BCUT2D eigenvalue weighted by molar-refractivity contribution is 6.36. The maximum Gasteiger partial charge on any atom is 0.318 e. The minimum absolute atomic E-state index is 0.0102. The fraction of sp³-hybridized carbons (Fsp3) is 0.529. The lowest BCUT2D eigenvalue weighted by Crippen LogP contribution is -2.36. The molecule has 126 valence electrons. The monoisotopic (exact) mass is 357 g/mol. The summed E-state index contributed by atoms with van der Waals surface area (Å²) < 4.78 is 4.86. The Morgan fingerprint density at radius 3 is 2.39 bits per heavy atom. The smallest absolute Gasteiger partial charge is 0.318 e. The molecule has 0 bridgehead atoms. The Morgan fingerprint density at radius 2 is 1.83 bits per heavy atom. The summed E-state index contributed by atoms with van der Waals surface area (Å²) in [6, 6.07) is 4.82. The van der Waals surface area contributed by atoms with Crippen LogP contribution >= 0.6 is 23.2 Å². The van der Waals surface area contributed by atoms with E-state index in [-0.39, 0.29) is 11.8 Å². The van der Waals surface area contributed by atoms with Crippen molar-refractivity contribution in [2.24, 2.45) is 11.8 Å². The van der Waals surface area contributed by atoms with Crippen molar-refractivity contribution < 1.29 is 14.3 Å². The molecule has 4 nitrogen and oxygen atoms in total. The standard InChI is InChI=1S/C17H21Cl2NO3/c1-23-17(22)15(11-6-4-2-3-5-7-11)16(21)20-14-9-8-12(18)10-13(14)19/h8-11,15H,2-7H2,1H3,(H,20,21)/t15-/m1/s1. The number of amides is 1. The average Bonchev–Trinajstić information content (AvgIpc) is 2.79. The molecule has 0 saturated heterocycles. The lowest BCUT2D eigenvalue weighted by Gasteiger charge is -2.23. The Bertz CT molecular complexity index is 569. The van der Waals surface area contributed by atoms with E-state index >= 15 is 0 Å². The van der Waals surface area contributed by atoms with E-state index in [2.05, 4.69) is 5.32 Å². The number of hydrogen-bond donors (Lipinski definition) is 1. The highest BCUT2D eigenvalue weighted by Crippen LogP contribution is 2.32. The number of hydrogen-bond acceptors (Lipinski definition) is 3. The fourth-order valence-corrected chi connectivity index (χ4v) is 3.54. The average molecular weight is 358 g/mol. The number of benzene rings is 1. The molecule has 1 saturated carbocycles. The summed E-state index contributed by atoms with van der Waals surface area (Å²) in [6.45, 7) is 0. The van der Waals surface area contributed by atoms with Crippen molar-refractivity contribution >= 4 is 40.8 Å². The van der Waals surface area contributed by atoms with Crippen LogP contribution in [-0.4, -0.2) is 19.0 Å². The van der Waals surface area contributed by atoms with Crippen LogP contribution in [0, 0.1) is 11.8 Å². The van der Waals surface area contributed by atoms with Crippen molar-refractivity contribution in [2.75, 3.05) is 12.4 Å². The number of ether oxygens (including phenoxy) is 1. The molecule has 1 fully saturated rings. The number of nitrogens with one attached hydrogen (secondary N) is 1. The molecule has 1 amide bonds. The van der Waals surface area contributed by atoms with Crippen molar-refractivity contribution in [3.05, 3.63) is 28.2 Å². The summed E-state index contributed by atoms with van der Waals surface area (Å²) in [5, 5.41) is 3.57. The minimum Gasteiger partial charge on any atom is -0.468 e. The van der Waals surface area contributed by atoms with Crippen LogP contribution in [0.4, 0.5) is 5.69 Å². The van der Waals surface area contributed by atoms with E-state index in [1.165, 1.54) is 7.11 Å². The van der Waals surface area contributed by atoms with Crippen LogP contribution in [0.15, 0.2) is 18.2 Å². The summed E-state index contributed by atoms with van der Waals surface area (Å²) in [5.41, 5.74) is 0.448. The minimum atomic E-state index is -0.801. The number of carbonyl (C=O) groups excluding carboxylic acids is 2. The van der Waals surface area contributed by atoms with Crippen molar-refractivity contribution in [1.82, 2.24) is 0 Å². The molecule has 0 heterocycles. The Labute approximate surface area is 146 Å². The maximum absolute atomic E-state index is 12.7. The first kappa shape index (κ1) is 18.1. The number of halogens is 2. The Morgan fingerprint density at radius 1 is 1.17 bits per heavy atom. The number of carbonyl (C=O) groups is 2. The first-order valence-corrected chi connectivity index (χ1v) is 8.62. The molecule has 23 heavy (non-hydrogen) atoms. The van der Waals surface area contributed by atoms with E-state index in [0.717, 1.165) is 38.5 Å². The van der Waals surface area contributed by atoms with Crippen molar-refractivity contribution in [2.45, 2.75) is 38.5 Å². The SMILES string of the molecule is COC(=O)[C@@H](C(=O)Nc1ccc(Cl)cc1Cl)C1CCCCCC1. The Hall–Kier alpha value is -1.26. The zero-order valence-electron chi connectivity index (χ0n) is 13.1. The van der Waals surface area contributed by atoms with Gasteiger partial charge in [-0.1, -0.05) is 48.9 Å². The van der Waals surface area contributed by atoms with E-state index in [1.54, 1.807) is 18.2 Å². The van der Waals surface area contributed by atoms with Crippen molar-refractivity contribution in [3.63, 3.8) is 0 Å². The van der Waals surface area contributed by atoms with Gasteiger partial charge in [0.15, 0.2) is 0 Å². The molecule has 1 atom stereocenters. The summed E-state index contributed by atoms with van der Waals surface area (Å²) >= 11 is 11.9. The number of anilines is 1. The molecular formula is C17H21Cl2NO3. The molecule has 1 N–H and O–H groups in total. The highest BCUT2D eigenvalue weighted by atomic mass is 35.5. The normalized spacial score (nSPS) is 17.2. The zero-order chi connectivity index (χ0) is 16.8. The lowest BCUT2D eigenvalue weighted by atomic mass is 9.85. The van der Waals surface area contributed by atoms with Gasteiger partial charge in [-0.2, -0.15) is 0 Å². The van der Waals surface area contributed by atoms with Gasteiger partial charge < -0.3 is 10.1 Å². The van der Waals surface area contributed by atoms with Gasteiger partial charge in [0.2, 0.25) is 5.91 Å². The van der Waals surface area contributed by atoms with Gasteiger partial charge in [-0.3, -0.25) is 9.59 Å². The quantitative estimate of drug-likeness (QED) is 0.483. The largest absolute Gasteiger partial charge is 0.468 e. The van der Waals surface area contributed by atoms with E-state index < -0.39 is 11.9 Å². The summed E-state index contributed by atoms with van der Waals surface area (Å²) in [7, 11) is 1.31. The second-order valence-corrected chi connectivity index (χ2v) is 6.71. The molecule has 1 aromatic carbocycles. The highest BCUT2D eigenvalue weighted by Gasteiger charge is 2.36. The van der Waals surface area contributed by atoms with E-state index in [1.807, 2.05) is 0 Å². The van der Waals surface area contributed by atoms with Crippen LogP contribution in [0.3, 0.4) is 0 Å². The zero-order valence-corrected chi connectivity index (χ0v) is 14.6. The number of methoxy groups -OCH3 is 1. The molecule has 0 radical (unpaired) electrons. The van der Waals surface area contributed by atoms with E-state index in [9.17, 15) is 9.59 Å². The van der Waals surface area contributed by atoms with Crippen LogP contribution in [0.25, 0.3) is 0 Å². The van der Waals surface area contributed by atoms with Crippen LogP contribution < -0.4 is 5.32 Å². The van der Waals surface area contributed by atoms with Gasteiger partial charge in [0, 0.05) is 5.02 Å². The Balaban J connectivity index is 2.17. The van der Waals surface area contributed by atoms with Gasteiger partial charge in [0.25, 0.3) is 0 Å². The first-order valence-electron chi connectivity index (χ1n) is 7.86. The number of rotatable bonds is 4. The molecule has 0 aromatic heterocycles. The molecule has 6 heteroatoms. The molecule has 1 aliphatic rings. The van der Waals surface area contributed by atoms with E-state index in [4.69, 9.17) is 27.9 Å². The first-order chi connectivity index (χ1) is 11.0. The predicted octanol–water partition coefficient (Wildman–Crippen LogP) is 4.69. The van der Waals surface area contributed by atoms with Gasteiger partial charge in [-0.15, -0.1) is 0 Å². The van der Waals surface area contributed by atoms with Crippen LogP contribution in [0.5, 0.6) is 0 Å². The van der Waals surface area contributed by atoms with Gasteiger partial charge in [-0.25, -0.2) is 0 Å². The van der Waals surface area contributed by atoms with Crippen molar-refractivity contribution in [1.29, 1.82) is 0 Å². The third-order valence-electron chi connectivity index (χ3n) is 4.30. The molecule has 2 rings (SSSR count). The fourth-order valence-electron chi connectivity index (χ4n) is 3.09. The Kier molecular flexibility index (Phi) is 6.72. The molecule has 0 aliphatic heterocycles. The maximum atomic E-state index is 12.7. The lowest BCUT2D eigenvalue weighted by molar-refractivity contribution is -0.151. The third-order valence-corrected chi connectivity index (χ3v) is 4.85. The van der Waals surface area contributed by atoms with Gasteiger partial charge in [-0.05, 0) is 37.0 Å². The van der Waals surface area contributed by atoms with Crippen LogP contribution in [0.2, 0.25) is 10.0 Å². The van der Waals surface area contributed by atoms with Crippen LogP contribution in [0.1, 0.15) is 38.5 Å². The second-order valence-electron chi connectivity index (χ2n) is 5.87. The van der Waals surface area contributed by atoms with Crippen molar-refractivity contribution in [3.8, 4) is 0 Å². The predicted molar refractivity (Wildman–Crippen MR) is 91.8 cm³/mol. The topological polar surface area (TPSA) is 55.4 Å². The molecular weight excluding hydrogens is 337 g/mol. The molecule has 0 spiro atoms. The molecule has 1 aromatic rings. The van der Waals surface area contributed by atoms with Crippen LogP contribution in [-0.2, 0) is 14.3 Å². The molecule has 0 unspecified atom stereocenters. The summed E-state index contributed by atoms with van der Waals surface area (Å²) in [6.07, 6.45) is 6.09. The summed E-state index contributed by atoms with van der Waals surface area (Å²) in [4.78, 5) is 24.8. The second kappa shape index (κ2) is 8.55. The molecule has 1 aliphatic carbocycles.